The van der Waals surface area contributed by atoms with Crippen molar-refractivity contribution in [1.29, 1.82) is 0 Å². The molecule has 1 aliphatic rings. The van der Waals surface area contributed by atoms with Gasteiger partial charge in [0.2, 0.25) is 5.95 Å². The van der Waals surface area contributed by atoms with Crippen LogP contribution in [0.15, 0.2) is 12.3 Å². The van der Waals surface area contributed by atoms with Crippen LogP contribution in [0.2, 0.25) is 0 Å². The summed E-state index contributed by atoms with van der Waals surface area (Å²) >= 11 is 3.52. The third-order valence-electron chi connectivity index (χ3n) is 2.70. The number of aromatic nitrogens is 2. The smallest absolute Gasteiger partial charge is 0.227 e. The van der Waals surface area contributed by atoms with E-state index >= 15 is 0 Å². The summed E-state index contributed by atoms with van der Waals surface area (Å²) in [6.07, 6.45) is 1.82. The molecule has 0 aromatic carbocycles. The number of nitrogens with zero attached hydrogens (tertiary/aromatic N) is 4. The summed E-state index contributed by atoms with van der Waals surface area (Å²) in [5.74, 6) is 1.72. The molecule has 1 aromatic rings. The molecule has 0 aliphatic carbocycles. The fourth-order valence-corrected chi connectivity index (χ4v) is 1.94. The normalized spacial score (nSPS) is 16.4. The lowest BCUT2D eigenvalue weighted by Gasteiger charge is -2.28. The SMILES string of the molecule is CC(C)N(Br)c1ccnc(N2CCNCC2)n1. The van der Waals surface area contributed by atoms with Gasteiger partial charge < -0.3 is 10.2 Å². The minimum absolute atomic E-state index is 0.362. The van der Waals surface area contributed by atoms with Crippen molar-refractivity contribution in [1.82, 2.24) is 15.3 Å². The standard InChI is InChI=1S/C11H18BrN5/c1-9(2)17(12)10-3-4-14-11(15-10)16-7-5-13-6-8-16/h3-4,9,13H,5-8H2,1-2H3. The molecule has 2 rings (SSSR count). The molecule has 1 saturated heterocycles. The molecule has 6 heteroatoms. The van der Waals surface area contributed by atoms with Crippen LogP contribution in [-0.2, 0) is 0 Å². The summed E-state index contributed by atoms with van der Waals surface area (Å²) in [6, 6.07) is 2.28. The van der Waals surface area contributed by atoms with Gasteiger partial charge in [0.15, 0.2) is 0 Å². The van der Waals surface area contributed by atoms with Gasteiger partial charge in [0.05, 0.1) is 16.1 Å². The molecule has 2 heterocycles. The van der Waals surface area contributed by atoms with Crippen molar-refractivity contribution >= 4 is 27.9 Å². The maximum Gasteiger partial charge on any atom is 0.227 e. The van der Waals surface area contributed by atoms with Crippen LogP contribution in [0.3, 0.4) is 0 Å². The van der Waals surface area contributed by atoms with Crippen molar-refractivity contribution in [3.63, 3.8) is 0 Å². The third-order valence-corrected chi connectivity index (χ3v) is 3.88. The van der Waals surface area contributed by atoms with Gasteiger partial charge in [-0.2, -0.15) is 4.98 Å². The molecule has 1 fully saturated rings. The monoisotopic (exact) mass is 299 g/mol. The quantitative estimate of drug-likeness (QED) is 0.855. The van der Waals surface area contributed by atoms with Gasteiger partial charge in [-0.25, -0.2) is 4.98 Å². The molecule has 5 nitrogen and oxygen atoms in total. The number of nitrogens with one attached hydrogen (secondary N) is 1. The van der Waals surface area contributed by atoms with Crippen LogP contribution in [0.4, 0.5) is 11.8 Å². The van der Waals surface area contributed by atoms with Crippen molar-refractivity contribution in [2.45, 2.75) is 19.9 Å². The Morgan fingerprint density at radius 3 is 2.76 bits per heavy atom. The lowest BCUT2D eigenvalue weighted by molar-refractivity contribution is 0.579. The summed E-state index contributed by atoms with van der Waals surface area (Å²) < 4.78 is 1.97. The average molecular weight is 300 g/mol. The molecule has 94 valence electrons. The van der Waals surface area contributed by atoms with Gasteiger partial charge in [0.25, 0.3) is 0 Å². The zero-order valence-corrected chi connectivity index (χ0v) is 11.8. The van der Waals surface area contributed by atoms with Gasteiger partial charge in [0, 0.05) is 44.5 Å². The second-order valence-electron chi connectivity index (χ2n) is 4.36. The first kappa shape index (κ1) is 12.6. The number of rotatable bonds is 3. The molecular formula is C11H18BrN5. The van der Waals surface area contributed by atoms with Crippen molar-refractivity contribution in [2.75, 3.05) is 35.0 Å². The van der Waals surface area contributed by atoms with Crippen molar-refractivity contribution in [3.8, 4) is 0 Å². The first-order valence-corrected chi connectivity index (χ1v) is 6.63. The summed E-state index contributed by atoms with van der Waals surface area (Å²) in [7, 11) is 0. The molecule has 0 saturated carbocycles. The highest BCUT2D eigenvalue weighted by atomic mass is 79.9. The lowest BCUT2D eigenvalue weighted by Crippen LogP contribution is -2.44. The van der Waals surface area contributed by atoms with Crippen LogP contribution in [0.25, 0.3) is 0 Å². The van der Waals surface area contributed by atoms with E-state index in [1.54, 1.807) is 0 Å². The molecule has 17 heavy (non-hydrogen) atoms. The average Bonchev–Trinajstić information content (AvgIpc) is 2.39. The zero-order chi connectivity index (χ0) is 12.3. The molecule has 1 aromatic heterocycles. The largest absolute Gasteiger partial charge is 0.338 e. The van der Waals surface area contributed by atoms with Gasteiger partial charge in [-0.3, -0.25) is 3.93 Å². The number of piperazine rings is 1. The van der Waals surface area contributed by atoms with Gasteiger partial charge in [0.1, 0.15) is 5.82 Å². The van der Waals surface area contributed by atoms with E-state index in [-0.39, 0.29) is 0 Å². The van der Waals surface area contributed by atoms with Gasteiger partial charge in [-0.15, -0.1) is 0 Å². The fraction of sp³-hybridized carbons (Fsp3) is 0.636. The number of hydrogen-bond donors (Lipinski definition) is 1. The van der Waals surface area contributed by atoms with E-state index in [1.807, 2.05) is 16.2 Å². The van der Waals surface area contributed by atoms with E-state index in [9.17, 15) is 0 Å². The number of halogens is 1. The van der Waals surface area contributed by atoms with Gasteiger partial charge in [-0.05, 0) is 13.8 Å². The molecular weight excluding hydrogens is 282 g/mol. The minimum atomic E-state index is 0.362. The molecule has 0 amide bonds. The van der Waals surface area contributed by atoms with E-state index in [0.717, 1.165) is 37.9 Å². The Balaban J connectivity index is 2.15. The Kier molecular flexibility index (Phi) is 4.17. The van der Waals surface area contributed by atoms with Crippen LogP contribution in [0, 0.1) is 0 Å². The Bertz CT molecular complexity index is 365. The van der Waals surface area contributed by atoms with Crippen molar-refractivity contribution < 1.29 is 0 Å². The second-order valence-corrected chi connectivity index (χ2v) is 5.12. The predicted octanol–water partition coefficient (Wildman–Crippen LogP) is 1.41. The molecule has 0 unspecified atom stereocenters. The van der Waals surface area contributed by atoms with E-state index in [0.29, 0.717) is 6.04 Å². The predicted molar refractivity (Wildman–Crippen MR) is 73.7 cm³/mol. The first-order valence-electron chi connectivity index (χ1n) is 5.92. The molecule has 1 aliphatic heterocycles. The molecule has 0 atom stereocenters. The maximum absolute atomic E-state index is 4.58. The third kappa shape index (κ3) is 3.07. The van der Waals surface area contributed by atoms with Gasteiger partial charge >= 0.3 is 0 Å². The van der Waals surface area contributed by atoms with E-state index in [2.05, 4.69) is 50.2 Å². The van der Waals surface area contributed by atoms with Gasteiger partial charge in [-0.1, -0.05) is 0 Å². The topological polar surface area (TPSA) is 44.3 Å². The van der Waals surface area contributed by atoms with Crippen LogP contribution in [-0.4, -0.2) is 42.2 Å². The summed E-state index contributed by atoms with van der Waals surface area (Å²) in [5.41, 5.74) is 0. The number of anilines is 2. The Morgan fingerprint density at radius 1 is 1.41 bits per heavy atom. The zero-order valence-electron chi connectivity index (χ0n) is 10.2. The highest BCUT2D eigenvalue weighted by molar-refractivity contribution is 9.10. The fourth-order valence-electron chi connectivity index (χ4n) is 1.74. The summed E-state index contributed by atoms with van der Waals surface area (Å²) in [4.78, 5) is 11.1. The lowest BCUT2D eigenvalue weighted by atomic mass is 10.4. The highest BCUT2D eigenvalue weighted by Gasteiger charge is 2.15. The van der Waals surface area contributed by atoms with E-state index in [4.69, 9.17) is 0 Å². The summed E-state index contributed by atoms with van der Waals surface area (Å²) in [5, 5.41) is 3.32. The Labute approximate surface area is 111 Å². The van der Waals surface area contributed by atoms with E-state index < -0.39 is 0 Å². The first-order chi connectivity index (χ1) is 8.18. The second kappa shape index (κ2) is 5.64. The Hall–Kier alpha value is -0.880. The number of hydrogen-bond acceptors (Lipinski definition) is 5. The van der Waals surface area contributed by atoms with Crippen LogP contribution in [0.1, 0.15) is 13.8 Å². The molecule has 0 radical (unpaired) electrons. The highest BCUT2D eigenvalue weighted by Crippen LogP contribution is 2.20. The van der Waals surface area contributed by atoms with Crippen LogP contribution >= 0.6 is 16.1 Å². The van der Waals surface area contributed by atoms with E-state index in [1.165, 1.54) is 0 Å². The Morgan fingerprint density at radius 2 is 2.12 bits per heavy atom. The molecule has 0 spiro atoms. The van der Waals surface area contributed by atoms with Crippen molar-refractivity contribution in [2.24, 2.45) is 0 Å². The maximum atomic E-state index is 4.58. The minimum Gasteiger partial charge on any atom is -0.338 e. The van der Waals surface area contributed by atoms with Crippen LogP contribution in [0.5, 0.6) is 0 Å². The molecule has 1 N–H and O–H groups in total. The summed E-state index contributed by atoms with van der Waals surface area (Å²) in [6.45, 7) is 8.15. The molecule has 0 bridgehead atoms. The van der Waals surface area contributed by atoms with Crippen molar-refractivity contribution in [3.05, 3.63) is 12.3 Å². The van der Waals surface area contributed by atoms with Crippen LogP contribution < -0.4 is 14.1 Å².